The monoisotopic (exact) mass is 376 g/mol. The van der Waals surface area contributed by atoms with Crippen molar-refractivity contribution >= 4 is 32.6 Å². The first-order valence-corrected chi connectivity index (χ1v) is 10.4. The Balaban J connectivity index is 0.000000142. The molecule has 0 bridgehead atoms. The van der Waals surface area contributed by atoms with E-state index < -0.39 is 0 Å². The summed E-state index contributed by atoms with van der Waals surface area (Å²) in [5.41, 5.74) is 6.32. The normalized spacial score (nSPS) is 13.1. The fourth-order valence-electron chi connectivity index (χ4n) is 4.42. The Kier molecular flexibility index (Phi) is 4.69. The molecule has 1 aliphatic carbocycles. The molecule has 2 heteroatoms. The molecule has 0 fully saturated rings. The lowest BCUT2D eigenvalue weighted by atomic mass is 9.86. The van der Waals surface area contributed by atoms with Crippen LogP contribution in [0.1, 0.15) is 29.5 Å². The third-order valence-corrected chi connectivity index (χ3v) is 5.88. The van der Waals surface area contributed by atoms with Crippen LogP contribution in [0.3, 0.4) is 0 Å². The first-order chi connectivity index (χ1) is 14.3. The van der Waals surface area contributed by atoms with Gasteiger partial charge in [0, 0.05) is 12.4 Å². The van der Waals surface area contributed by atoms with Crippen LogP contribution < -0.4 is 0 Å². The number of aromatic nitrogens is 2. The number of fused-ring (bicyclic) bond motifs is 6. The summed E-state index contributed by atoms with van der Waals surface area (Å²) >= 11 is 0. The molecule has 6 rings (SSSR count). The van der Waals surface area contributed by atoms with Crippen LogP contribution in [0.4, 0.5) is 0 Å². The van der Waals surface area contributed by atoms with Gasteiger partial charge in [0.05, 0.1) is 11.0 Å². The SMILES string of the molecule is Cc1ccc2nccnc2c1.c1ccc2c(c1)ccc1c3c(ccc12)CCCC3. The Morgan fingerprint density at radius 2 is 1.45 bits per heavy atom. The highest BCUT2D eigenvalue weighted by Gasteiger charge is 2.13. The molecule has 29 heavy (non-hydrogen) atoms. The minimum atomic E-state index is 0.957. The average Bonchev–Trinajstić information content (AvgIpc) is 2.79. The Morgan fingerprint density at radius 1 is 0.655 bits per heavy atom. The van der Waals surface area contributed by atoms with E-state index in [0.29, 0.717) is 0 Å². The van der Waals surface area contributed by atoms with E-state index in [2.05, 4.69) is 58.5 Å². The summed E-state index contributed by atoms with van der Waals surface area (Å²) in [7, 11) is 0. The van der Waals surface area contributed by atoms with E-state index >= 15 is 0 Å². The largest absolute Gasteiger partial charge is 0.253 e. The van der Waals surface area contributed by atoms with E-state index in [-0.39, 0.29) is 0 Å². The van der Waals surface area contributed by atoms with Gasteiger partial charge in [-0.15, -0.1) is 0 Å². The molecular weight excluding hydrogens is 352 g/mol. The maximum Gasteiger partial charge on any atom is 0.0889 e. The summed E-state index contributed by atoms with van der Waals surface area (Å²) in [6.45, 7) is 2.05. The fourth-order valence-corrected chi connectivity index (χ4v) is 4.42. The van der Waals surface area contributed by atoms with Crippen molar-refractivity contribution in [3.63, 3.8) is 0 Å². The molecule has 0 N–H and O–H groups in total. The van der Waals surface area contributed by atoms with Gasteiger partial charge in [-0.3, -0.25) is 9.97 Å². The molecule has 0 spiro atoms. The van der Waals surface area contributed by atoms with Crippen LogP contribution in [0, 0.1) is 6.92 Å². The topological polar surface area (TPSA) is 25.8 Å². The molecule has 0 unspecified atom stereocenters. The van der Waals surface area contributed by atoms with E-state index in [9.17, 15) is 0 Å². The van der Waals surface area contributed by atoms with Crippen LogP contribution in [-0.2, 0) is 12.8 Å². The molecule has 0 saturated heterocycles. The number of rotatable bonds is 0. The van der Waals surface area contributed by atoms with Crippen LogP contribution in [0.25, 0.3) is 32.6 Å². The summed E-state index contributed by atoms with van der Waals surface area (Å²) in [6.07, 6.45) is 8.63. The van der Waals surface area contributed by atoms with Crippen molar-refractivity contribution in [2.24, 2.45) is 0 Å². The van der Waals surface area contributed by atoms with E-state index in [4.69, 9.17) is 0 Å². The van der Waals surface area contributed by atoms with Crippen LogP contribution in [-0.4, -0.2) is 9.97 Å². The van der Waals surface area contributed by atoms with Gasteiger partial charge in [0.2, 0.25) is 0 Å². The Bertz CT molecular complexity index is 1320. The third kappa shape index (κ3) is 3.47. The van der Waals surface area contributed by atoms with Crippen LogP contribution in [0.5, 0.6) is 0 Å². The van der Waals surface area contributed by atoms with Crippen molar-refractivity contribution in [3.8, 4) is 0 Å². The number of hydrogen-bond donors (Lipinski definition) is 0. The lowest BCUT2D eigenvalue weighted by molar-refractivity contribution is 0.690. The fraction of sp³-hybridized carbons (Fsp3) is 0.185. The van der Waals surface area contributed by atoms with Crippen molar-refractivity contribution in [2.45, 2.75) is 32.6 Å². The molecule has 2 nitrogen and oxygen atoms in total. The van der Waals surface area contributed by atoms with Crippen LogP contribution in [0.15, 0.2) is 79.1 Å². The quantitative estimate of drug-likeness (QED) is 0.277. The zero-order valence-corrected chi connectivity index (χ0v) is 16.7. The predicted molar refractivity (Wildman–Crippen MR) is 122 cm³/mol. The van der Waals surface area contributed by atoms with Crippen molar-refractivity contribution < 1.29 is 0 Å². The molecule has 1 aliphatic rings. The standard InChI is InChI=1S/C18H16.C9H8N2/c1-3-7-15-13(5-1)9-11-18-16-8-4-2-6-14(16)10-12-17(15)18;1-7-2-3-8-9(6-7)11-5-4-10-8/h1,3,5,7,9-12H,2,4,6,8H2;2-6H,1H3. The second-order valence-electron chi connectivity index (χ2n) is 7.84. The Labute approximate surface area is 171 Å². The maximum atomic E-state index is 4.18. The summed E-state index contributed by atoms with van der Waals surface area (Å²) in [5, 5.41) is 5.64. The zero-order valence-electron chi connectivity index (χ0n) is 16.7. The number of nitrogens with zero attached hydrogens (tertiary/aromatic N) is 2. The minimum absolute atomic E-state index is 0.957. The van der Waals surface area contributed by atoms with E-state index in [0.717, 1.165) is 11.0 Å². The highest BCUT2D eigenvalue weighted by atomic mass is 14.8. The van der Waals surface area contributed by atoms with E-state index in [1.54, 1.807) is 23.5 Å². The summed E-state index contributed by atoms with van der Waals surface area (Å²) in [5.74, 6) is 0. The number of aryl methyl sites for hydroxylation is 3. The predicted octanol–water partition coefficient (Wildman–Crippen LogP) is 6.81. The third-order valence-electron chi connectivity index (χ3n) is 5.88. The molecule has 142 valence electrons. The van der Waals surface area contributed by atoms with Gasteiger partial charge in [-0.1, -0.05) is 54.6 Å². The van der Waals surface area contributed by atoms with Crippen molar-refractivity contribution in [3.05, 3.63) is 95.8 Å². The molecule has 0 atom stereocenters. The summed E-state index contributed by atoms with van der Waals surface area (Å²) in [4.78, 5) is 8.34. The van der Waals surface area contributed by atoms with Gasteiger partial charge >= 0.3 is 0 Å². The molecule has 4 aromatic carbocycles. The van der Waals surface area contributed by atoms with Gasteiger partial charge in [-0.25, -0.2) is 0 Å². The first-order valence-electron chi connectivity index (χ1n) is 10.4. The molecule has 5 aromatic rings. The Morgan fingerprint density at radius 3 is 2.38 bits per heavy atom. The van der Waals surface area contributed by atoms with Gasteiger partial charge in [0.1, 0.15) is 0 Å². The van der Waals surface area contributed by atoms with Crippen molar-refractivity contribution in [1.29, 1.82) is 0 Å². The number of hydrogen-bond acceptors (Lipinski definition) is 2. The van der Waals surface area contributed by atoms with Crippen LogP contribution in [0.2, 0.25) is 0 Å². The van der Waals surface area contributed by atoms with Gasteiger partial charge in [-0.05, 0) is 83.0 Å². The van der Waals surface area contributed by atoms with Gasteiger partial charge in [0.25, 0.3) is 0 Å². The lowest BCUT2D eigenvalue weighted by Gasteiger charge is -2.18. The molecule has 0 radical (unpaired) electrons. The molecule has 0 saturated carbocycles. The maximum absolute atomic E-state index is 4.18. The van der Waals surface area contributed by atoms with E-state index in [1.807, 2.05) is 25.1 Å². The molecular formula is C27H24N2. The lowest BCUT2D eigenvalue weighted by Crippen LogP contribution is -2.02. The zero-order chi connectivity index (χ0) is 19.6. The molecule has 0 aliphatic heterocycles. The summed E-state index contributed by atoms with van der Waals surface area (Å²) in [6, 6.07) is 24.0. The molecule has 0 amide bonds. The summed E-state index contributed by atoms with van der Waals surface area (Å²) < 4.78 is 0. The molecule has 1 heterocycles. The van der Waals surface area contributed by atoms with Gasteiger partial charge < -0.3 is 0 Å². The smallest absolute Gasteiger partial charge is 0.0889 e. The van der Waals surface area contributed by atoms with Crippen molar-refractivity contribution in [1.82, 2.24) is 9.97 Å². The second-order valence-corrected chi connectivity index (χ2v) is 7.84. The minimum Gasteiger partial charge on any atom is -0.253 e. The second kappa shape index (κ2) is 7.63. The first kappa shape index (κ1) is 17.8. The van der Waals surface area contributed by atoms with Crippen LogP contribution >= 0.6 is 0 Å². The van der Waals surface area contributed by atoms with Gasteiger partial charge in [-0.2, -0.15) is 0 Å². The van der Waals surface area contributed by atoms with E-state index in [1.165, 1.54) is 52.8 Å². The molecule has 1 aromatic heterocycles. The average molecular weight is 377 g/mol. The van der Waals surface area contributed by atoms with Gasteiger partial charge in [0.15, 0.2) is 0 Å². The highest BCUT2D eigenvalue weighted by molar-refractivity contribution is 6.08. The highest BCUT2D eigenvalue weighted by Crippen LogP contribution is 2.33. The Hall–Kier alpha value is -3.26. The number of benzene rings is 4. The van der Waals surface area contributed by atoms with Crippen molar-refractivity contribution in [2.75, 3.05) is 0 Å².